The van der Waals surface area contributed by atoms with Crippen LogP contribution in [0, 0.1) is 0 Å². The zero-order valence-electron chi connectivity index (χ0n) is 13.7. The van der Waals surface area contributed by atoms with E-state index in [4.69, 9.17) is 5.73 Å². The zero-order valence-corrected chi connectivity index (χ0v) is 13.7. The summed E-state index contributed by atoms with van der Waals surface area (Å²) in [5, 5.41) is 3.40. The molecule has 0 heterocycles. The lowest BCUT2D eigenvalue weighted by Gasteiger charge is -2.37. The summed E-state index contributed by atoms with van der Waals surface area (Å²) in [5.74, 6) is -0.328. The van der Waals surface area contributed by atoms with Crippen molar-refractivity contribution in [3.8, 4) is 0 Å². The molecule has 1 unspecified atom stereocenters. The van der Waals surface area contributed by atoms with Gasteiger partial charge in [-0.25, -0.2) is 0 Å². The zero-order chi connectivity index (χ0) is 15.9. The van der Waals surface area contributed by atoms with E-state index < -0.39 is 5.54 Å². The molecule has 0 saturated heterocycles. The summed E-state index contributed by atoms with van der Waals surface area (Å²) in [7, 11) is 2.04. The lowest BCUT2D eigenvalue weighted by atomic mass is 9.87. The molecule has 3 N–H and O–H groups in total. The highest BCUT2D eigenvalue weighted by atomic mass is 16.1. The van der Waals surface area contributed by atoms with Crippen LogP contribution in [0.15, 0.2) is 30.3 Å². The number of primary amides is 1. The average Bonchev–Trinajstić information content (AvgIpc) is 2.44. The van der Waals surface area contributed by atoms with E-state index in [2.05, 4.69) is 17.1 Å². The van der Waals surface area contributed by atoms with Crippen molar-refractivity contribution in [1.82, 2.24) is 10.2 Å². The smallest absolute Gasteiger partial charge is 0.243 e. The largest absolute Gasteiger partial charge is 0.368 e. The number of unbranched alkanes of at least 4 members (excludes halogenated alkanes) is 1. The van der Waals surface area contributed by atoms with Crippen LogP contribution in [-0.2, 0) is 10.3 Å². The SMILES string of the molecule is CCCCN(C)CC(NC(C)C)(C(N)=O)c1ccccc1. The van der Waals surface area contributed by atoms with E-state index in [0.29, 0.717) is 6.54 Å². The summed E-state index contributed by atoms with van der Waals surface area (Å²) in [6.07, 6.45) is 2.25. The molecule has 0 aliphatic heterocycles. The van der Waals surface area contributed by atoms with Crippen LogP contribution < -0.4 is 11.1 Å². The third kappa shape index (κ3) is 4.83. The van der Waals surface area contributed by atoms with E-state index >= 15 is 0 Å². The quantitative estimate of drug-likeness (QED) is 0.732. The molecule has 1 aromatic carbocycles. The molecule has 21 heavy (non-hydrogen) atoms. The van der Waals surface area contributed by atoms with Gasteiger partial charge >= 0.3 is 0 Å². The average molecular weight is 291 g/mol. The van der Waals surface area contributed by atoms with Crippen LogP contribution in [-0.4, -0.2) is 37.0 Å². The molecule has 4 nitrogen and oxygen atoms in total. The summed E-state index contributed by atoms with van der Waals surface area (Å²) >= 11 is 0. The number of hydrogen-bond donors (Lipinski definition) is 2. The fourth-order valence-corrected chi connectivity index (χ4v) is 2.64. The van der Waals surface area contributed by atoms with E-state index in [-0.39, 0.29) is 11.9 Å². The number of likely N-dealkylation sites (N-methyl/N-ethyl adjacent to an activating group) is 1. The van der Waals surface area contributed by atoms with E-state index in [1.165, 1.54) is 0 Å². The summed E-state index contributed by atoms with van der Waals surface area (Å²) in [4.78, 5) is 14.5. The molecule has 0 aliphatic rings. The van der Waals surface area contributed by atoms with Crippen molar-refractivity contribution < 1.29 is 4.79 Å². The Kier molecular flexibility index (Phi) is 6.85. The Hall–Kier alpha value is -1.39. The van der Waals surface area contributed by atoms with Gasteiger partial charge < -0.3 is 10.6 Å². The normalized spacial score (nSPS) is 14.4. The van der Waals surface area contributed by atoms with Gasteiger partial charge in [-0.3, -0.25) is 10.1 Å². The molecule has 1 aromatic rings. The van der Waals surface area contributed by atoms with Gasteiger partial charge in [0, 0.05) is 12.6 Å². The number of nitrogens with zero attached hydrogens (tertiary/aromatic N) is 1. The maximum absolute atomic E-state index is 12.3. The number of amides is 1. The summed E-state index contributed by atoms with van der Waals surface area (Å²) in [6, 6.07) is 9.94. The third-order valence-electron chi connectivity index (χ3n) is 3.62. The maximum Gasteiger partial charge on any atom is 0.243 e. The molecule has 0 spiro atoms. The molecule has 0 radical (unpaired) electrons. The van der Waals surface area contributed by atoms with Gasteiger partial charge in [-0.2, -0.15) is 0 Å². The first-order valence-corrected chi connectivity index (χ1v) is 7.74. The minimum atomic E-state index is -0.849. The van der Waals surface area contributed by atoms with Gasteiger partial charge in [-0.15, -0.1) is 0 Å². The van der Waals surface area contributed by atoms with Crippen LogP contribution in [0.1, 0.15) is 39.2 Å². The van der Waals surface area contributed by atoms with Crippen molar-refractivity contribution in [2.24, 2.45) is 5.73 Å². The number of carbonyl (C=O) groups excluding carboxylic acids is 1. The fourth-order valence-electron chi connectivity index (χ4n) is 2.64. The second-order valence-electron chi connectivity index (χ2n) is 6.03. The first-order chi connectivity index (χ1) is 9.92. The Morgan fingerprint density at radius 2 is 1.95 bits per heavy atom. The van der Waals surface area contributed by atoms with E-state index in [1.54, 1.807) is 0 Å². The van der Waals surface area contributed by atoms with Crippen molar-refractivity contribution in [1.29, 1.82) is 0 Å². The predicted molar refractivity (Wildman–Crippen MR) is 88.0 cm³/mol. The molecular formula is C17H29N3O. The molecule has 1 atom stereocenters. The van der Waals surface area contributed by atoms with Gasteiger partial charge in [0.15, 0.2) is 0 Å². The number of carbonyl (C=O) groups is 1. The molecule has 0 saturated carbocycles. The van der Waals surface area contributed by atoms with E-state index in [9.17, 15) is 4.79 Å². The van der Waals surface area contributed by atoms with Crippen molar-refractivity contribution >= 4 is 5.91 Å². The molecule has 1 rings (SSSR count). The van der Waals surface area contributed by atoms with Crippen LogP contribution in [0.25, 0.3) is 0 Å². The van der Waals surface area contributed by atoms with E-state index in [1.807, 2.05) is 51.2 Å². The summed E-state index contributed by atoms with van der Waals surface area (Å²) in [6.45, 7) is 7.76. The number of nitrogens with one attached hydrogen (secondary N) is 1. The highest BCUT2D eigenvalue weighted by Crippen LogP contribution is 2.23. The standard InChI is InChI=1S/C17H29N3O/c1-5-6-12-20(4)13-17(16(18)21,19-14(2)3)15-10-8-7-9-11-15/h7-11,14,19H,5-6,12-13H2,1-4H3,(H2,18,21). The van der Waals surface area contributed by atoms with Gasteiger partial charge in [0.2, 0.25) is 5.91 Å². The third-order valence-corrected chi connectivity index (χ3v) is 3.62. The second-order valence-corrected chi connectivity index (χ2v) is 6.03. The molecule has 118 valence electrons. The minimum Gasteiger partial charge on any atom is -0.368 e. The van der Waals surface area contributed by atoms with Gasteiger partial charge in [-0.05, 0) is 39.4 Å². The van der Waals surface area contributed by atoms with Crippen LogP contribution >= 0.6 is 0 Å². The Bertz CT molecular complexity index is 433. The Labute approximate surface area is 128 Å². The second kappa shape index (κ2) is 8.15. The highest BCUT2D eigenvalue weighted by molar-refractivity contribution is 5.86. The van der Waals surface area contributed by atoms with Crippen LogP contribution in [0.5, 0.6) is 0 Å². The van der Waals surface area contributed by atoms with Crippen molar-refractivity contribution in [3.63, 3.8) is 0 Å². The predicted octanol–water partition coefficient (Wildman–Crippen LogP) is 2.10. The lowest BCUT2D eigenvalue weighted by molar-refractivity contribution is -0.126. The molecule has 1 amide bonds. The fraction of sp³-hybridized carbons (Fsp3) is 0.588. The number of nitrogens with two attached hydrogens (primary N) is 1. The first kappa shape index (κ1) is 17.7. The van der Waals surface area contributed by atoms with Crippen molar-refractivity contribution in [3.05, 3.63) is 35.9 Å². The Morgan fingerprint density at radius 1 is 1.33 bits per heavy atom. The topological polar surface area (TPSA) is 58.4 Å². The molecule has 0 aromatic heterocycles. The van der Waals surface area contributed by atoms with Crippen LogP contribution in [0.4, 0.5) is 0 Å². The van der Waals surface area contributed by atoms with Gasteiger partial charge in [0.25, 0.3) is 0 Å². The molecule has 4 heteroatoms. The number of rotatable bonds is 9. The molecular weight excluding hydrogens is 262 g/mol. The first-order valence-electron chi connectivity index (χ1n) is 7.74. The summed E-state index contributed by atoms with van der Waals surface area (Å²) in [5.41, 5.74) is 5.88. The van der Waals surface area contributed by atoms with Crippen molar-refractivity contribution in [2.45, 2.75) is 45.2 Å². The maximum atomic E-state index is 12.3. The number of hydrogen-bond acceptors (Lipinski definition) is 3. The molecule has 0 aliphatic carbocycles. The lowest BCUT2D eigenvalue weighted by Crippen LogP contribution is -2.60. The van der Waals surface area contributed by atoms with Gasteiger partial charge in [-0.1, -0.05) is 43.7 Å². The molecule has 0 bridgehead atoms. The Morgan fingerprint density at radius 3 is 2.43 bits per heavy atom. The van der Waals surface area contributed by atoms with Gasteiger partial charge in [0.05, 0.1) is 0 Å². The monoisotopic (exact) mass is 291 g/mol. The Balaban J connectivity index is 3.10. The van der Waals surface area contributed by atoms with Crippen LogP contribution in [0.2, 0.25) is 0 Å². The number of benzene rings is 1. The van der Waals surface area contributed by atoms with E-state index in [0.717, 1.165) is 24.9 Å². The van der Waals surface area contributed by atoms with Crippen molar-refractivity contribution in [2.75, 3.05) is 20.1 Å². The van der Waals surface area contributed by atoms with Crippen LogP contribution in [0.3, 0.4) is 0 Å². The van der Waals surface area contributed by atoms with Gasteiger partial charge in [0.1, 0.15) is 5.54 Å². The molecule has 0 fully saturated rings. The highest BCUT2D eigenvalue weighted by Gasteiger charge is 2.39. The summed E-state index contributed by atoms with van der Waals surface area (Å²) < 4.78 is 0. The minimum absolute atomic E-state index is 0.164.